The van der Waals surface area contributed by atoms with E-state index in [4.69, 9.17) is 23.2 Å². The molecule has 37 heavy (non-hydrogen) atoms. The number of benzene rings is 3. The lowest BCUT2D eigenvalue weighted by atomic mass is 10.0. The first-order valence-electron chi connectivity index (χ1n) is 12.7. The van der Waals surface area contributed by atoms with Gasteiger partial charge in [-0.25, -0.2) is 0 Å². The summed E-state index contributed by atoms with van der Waals surface area (Å²) in [4.78, 5) is 29.9. The van der Waals surface area contributed by atoms with Gasteiger partial charge in [0.15, 0.2) is 0 Å². The minimum absolute atomic E-state index is 0.0294. The highest BCUT2D eigenvalue weighted by Gasteiger charge is 2.30. The van der Waals surface area contributed by atoms with Crippen LogP contribution in [0.2, 0.25) is 10.0 Å². The van der Waals surface area contributed by atoms with Crippen molar-refractivity contribution in [2.45, 2.75) is 56.5 Å². The van der Waals surface area contributed by atoms with Crippen molar-refractivity contribution in [3.05, 3.63) is 100 Å². The van der Waals surface area contributed by atoms with Crippen molar-refractivity contribution in [1.29, 1.82) is 0 Å². The van der Waals surface area contributed by atoms with Crippen LogP contribution in [0, 0.1) is 0 Å². The molecule has 1 N–H and O–H groups in total. The standard InChI is InChI=1S/C30H34Cl2N2O2S/c1-2-3-19-33-30(36)28(21-23-8-5-4-6-9-23)34(22-24-11-13-25(31)14-12-24)29(35)10-7-20-37-27-17-15-26(32)16-18-27/h4-6,8-9,11-18,28H,2-3,7,10,19-22H2,1H3,(H,33,36)/t28-/m1/s1. The highest BCUT2D eigenvalue weighted by atomic mass is 35.5. The first kappa shape index (κ1) is 29.1. The molecule has 0 aliphatic rings. The molecule has 0 radical (unpaired) electrons. The molecule has 0 saturated carbocycles. The molecule has 3 rings (SSSR count). The van der Waals surface area contributed by atoms with Gasteiger partial charge in [-0.1, -0.05) is 79.0 Å². The summed E-state index contributed by atoms with van der Waals surface area (Å²) in [5.74, 6) is 0.655. The van der Waals surface area contributed by atoms with Crippen LogP contribution >= 0.6 is 35.0 Å². The third-order valence-electron chi connectivity index (χ3n) is 5.98. The Labute approximate surface area is 234 Å². The van der Waals surface area contributed by atoms with E-state index in [1.165, 1.54) is 0 Å². The van der Waals surface area contributed by atoms with Crippen LogP contribution in [-0.4, -0.2) is 35.1 Å². The third-order valence-corrected chi connectivity index (χ3v) is 7.59. The van der Waals surface area contributed by atoms with E-state index in [0.717, 1.165) is 34.6 Å². The van der Waals surface area contributed by atoms with Crippen LogP contribution < -0.4 is 5.32 Å². The Balaban J connectivity index is 1.76. The maximum Gasteiger partial charge on any atom is 0.243 e. The van der Waals surface area contributed by atoms with Gasteiger partial charge in [0.05, 0.1) is 0 Å². The second-order valence-electron chi connectivity index (χ2n) is 8.90. The van der Waals surface area contributed by atoms with E-state index in [-0.39, 0.29) is 11.8 Å². The number of hydrogen-bond donors (Lipinski definition) is 1. The van der Waals surface area contributed by atoms with E-state index >= 15 is 0 Å². The Bertz CT molecular complexity index is 1110. The molecule has 7 heteroatoms. The smallest absolute Gasteiger partial charge is 0.243 e. The topological polar surface area (TPSA) is 49.4 Å². The lowest BCUT2D eigenvalue weighted by Gasteiger charge is -2.31. The van der Waals surface area contributed by atoms with Gasteiger partial charge >= 0.3 is 0 Å². The number of thioether (sulfide) groups is 1. The number of rotatable bonds is 14. The minimum Gasteiger partial charge on any atom is -0.354 e. The zero-order valence-corrected chi connectivity index (χ0v) is 23.5. The van der Waals surface area contributed by atoms with Crippen LogP contribution in [0.15, 0.2) is 83.8 Å². The number of nitrogens with zero attached hydrogens (tertiary/aromatic N) is 1. The van der Waals surface area contributed by atoms with E-state index in [2.05, 4.69) is 12.2 Å². The summed E-state index contributed by atoms with van der Waals surface area (Å²) in [6, 6.07) is 24.4. The molecule has 3 aromatic rings. The van der Waals surface area contributed by atoms with Crippen LogP contribution in [0.25, 0.3) is 0 Å². The van der Waals surface area contributed by atoms with E-state index < -0.39 is 6.04 Å². The Morgan fingerprint density at radius 2 is 1.51 bits per heavy atom. The van der Waals surface area contributed by atoms with Gasteiger partial charge in [-0.3, -0.25) is 9.59 Å². The molecule has 0 unspecified atom stereocenters. The molecule has 0 aliphatic carbocycles. The van der Waals surface area contributed by atoms with Crippen molar-refractivity contribution in [1.82, 2.24) is 10.2 Å². The van der Waals surface area contributed by atoms with Crippen LogP contribution in [-0.2, 0) is 22.6 Å². The number of carbonyl (C=O) groups excluding carboxylic acids is 2. The number of carbonyl (C=O) groups is 2. The summed E-state index contributed by atoms with van der Waals surface area (Å²) >= 11 is 13.8. The second kappa shape index (κ2) is 15.7. The zero-order chi connectivity index (χ0) is 26.5. The van der Waals surface area contributed by atoms with E-state index in [1.807, 2.05) is 78.9 Å². The van der Waals surface area contributed by atoms with Gasteiger partial charge in [0.1, 0.15) is 6.04 Å². The zero-order valence-electron chi connectivity index (χ0n) is 21.2. The average molecular weight is 558 g/mol. The molecule has 3 aromatic carbocycles. The normalized spacial score (nSPS) is 11.6. The summed E-state index contributed by atoms with van der Waals surface area (Å²) in [5.41, 5.74) is 1.96. The summed E-state index contributed by atoms with van der Waals surface area (Å²) in [6.45, 7) is 3.03. The van der Waals surface area contributed by atoms with Crippen LogP contribution in [0.3, 0.4) is 0 Å². The van der Waals surface area contributed by atoms with Gasteiger partial charge < -0.3 is 10.2 Å². The molecule has 1 atom stereocenters. The number of hydrogen-bond acceptors (Lipinski definition) is 3. The van der Waals surface area contributed by atoms with Gasteiger partial charge in [-0.2, -0.15) is 0 Å². The monoisotopic (exact) mass is 556 g/mol. The van der Waals surface area contributed by atoms with Crippen LogP contribution in [0.1, 0.15) is 43.7 Å². The lowest BCUT2D eigenvalue weighted by Crippen LogP contribution is -2.50. The largest absolute Gasteiger partial charge is 0.354 e. The second-order valence-corrected chi connectivity index (χ2v) is 10.9. The average Bonchev–Trinajstić information content (AvgIpc) is 2.91. The highest BCUT2D eigenvalue weighted by molar-refractivity contribution is 7.99. The number of nitrogens with one attached hydrogen (secondary N) is 1. The molecular formula is C30H34Cl2N2O2S. The van der Waals surface area contributed by atoms with E-state index in [9.17, 15) is 9.59 Å². The Morgan fingerprint density at radius 3 is 2.16 bits per heavy atom. The molecule has 0 aromatic heterocycles. The minimum atomic E-state index is -0.605. The molecule has 4 nitrogen and oxygen atoms in total. The van der Waals surface area contributed by atoms with Crippen LogP contribution in [0.4, 0.5) is 0 Å². The Hall–Kier alpha value is -2.47. The van der Waals surface area contributed by atoms with Crippen molar-refractivity contribution in [3.8, 4) is 0 Å². The molecule has 0 aliphatic heterocycles. The predicted molar refractivity (Wildman–Crippen MR) is 155 cm³/mol. The van der Waals surface area contributed by atoms with Crippen molar-refractivity contribution < 1.29 is 9.59 Å². The quantitative estimate of drug-likeness (QED) is 0.166. The molecule has 0 bridgehead atoms. The van der Waals surface area contributed by atoms with Crippen molar-refractivity contribution >= 4 is 46.8 Å². The Kier molecular flexibility index (Phi) is 12.3. The number of amides is 2. The van der Waals surface area contributed by atoms with Crippen molar-refractivity contribution in [2.75, 3.05) is 12.3 Å². The SMILES string of the molecule is CCCCNC(=O)[C@@H](Cc1ccccc1)N(Cc1ccc(Cl)cc1)C(=O)CCCSc1ccc(Cl)cc1. The summed E-state index contributed by atoms with van der Waals surface area (Å²) in [6.07, 6.45) is 3.41. The summed E-state index contributed by atoms with van der Waals surface area (Å²) in [5, 5.41) is 4.40. The third kappa shape index (κ3) is 10.1. The summed E-state index contributed by atoms with van der Waals surface area (Å²) < 4.78 is 0. The number of unbranched alkanes of at least 4 members (excludes halogenated alkanes) is 1. The fourth-order valence-corrected chi connectivity index (χ4v) is 5.04. The van der Waals surface area contributed by atoms with Gasteiger partial charge in [0.2, 0.25) is 11.8 Å². The molecule has 2 amide bonds. The fraction of sp³-hybridized carbons (Fsp3) is 0.333. The predicted octanol–water partition coefficient (Wildman–Crippen LogP) is 7.42. The van der Waals surface area contributed by atoms with Crippen LogP contribution in [0.5, 0.6) is 0 Å². The maximum absolute atomic E-state index is 13.6. The van der Waals surface area contributed by atoms with Gasteiger partial charge in [0.25, 0.3) is 0 Å². The maximum atomic E-state index is 13.6. The lowest BCUT2D eigenvalue weighted by molar-refractivity contribution is -0.141. The first-order valence-corrected chi connectivity index (χ1v) is 14.4. The molecule has 0 saturated heterocycles. The Morgan fingerprint density at radius 1 is 0.865 bits per heavy atom. The van der Waals surface area contributed by atoms with Gasteiger partial charge in [-0.15, -0.1) is 11.8 Å². The van der Waals surface area contributed by atoms with Crippen molar-refractivity contribution in [2.24, 2.45) is 0 Å². The summed E-state index contributed by atoms with van der Waals surface area (Å²) in [7, 11) is 0. The van der Waals surface area contributed by atoms with Gasteiger partial charge in [-0.05, 0) is 66.1 Å². The molecule has 196 valence electrons. The number of halogens is 2. The van der Waals surface area contributed by atoms with Gasteiger partial charge in [0, 0.05) is 40.9 Å². The van der Waals surface area contributed by atoms with E-state index in [0.29, 0.717) is 42.4 Å². The fourth-order valence-electron chi connectivity index (χ4n) is 3.93. The molecular weight excluding hydrogens is 523 g/mol. The molecule has 0 heterocycles. The highest BCUT2D eigenvalue weighted by Crippen LogP contribution is 2.23. The molecule has 0 fully saturated rings. The van der Waals surface area contributed by atoms with E-state index in [1.54, 1.807) is 16.7 Å². The molecule has 0 spiro atoms. The van der Waals surface area contributed by atoms with Crippen molar-refractivity contribution in [3.63, 3.8) is 0 Å². The first-order chi connectivity index (χ1) is 18.0.